The van der Waals surface area contributed by atoms with Gasteiger partial charge in [0.05, 0.1) is 5.69 Å². The van der Waals surface area contributed by atoms with Gasteiger partial charge in [-0.25, -0.2) is 15.0 Å². The third-order valence-corrected chi connectivity index (χ3v) is 5.45. The number of rotatable bonds is 5. The molecule has 0 amide bonds. The van der Waals surface area contributed by atoms with E-state index in [9.17, 15) is 4.79 Å². The SMILES string of the molecule is CC(C)Cc1nn2c(=O)cc(CN3CCN(c4ncccn4)CC3)nc2s1. The van der Waals surface area contributed by atoms with Gasteiger partial charge in [-0.05, 0) is 12.0 Å². The Morgan fingerprint density at radius 1 is 1.15 bits per heavy atom. The number of nitrogens with zero attached hydrogens (tertiary/aromatic N) is 7. The largest absolute Gasteiger partial charge is 0.338 e. The summed E-state index contributed by atoms with van der Waals surface area (Å²) in [5.74, 6) is 1.28. The Morgan fingerprint density at radius 3 is 2.59 bits per heavy atom. The van der Waals surface area contributed by atoms with Crippen molar-refractivity contribution in [1.82, 2.24) is 29.5 Å². The van der Waals surface area contributed by atoms with Gasteiger partial charge in [0, 0.05) is 57.6 Å². The molecule has 0 unspecified atom stereocenters. The van der Waals surface area contributed by atoms with Gasteiger partial charge in [-0.1, -0.05) is 25.2 Å². The molecular weight excluding hydrogens is 362 g/mol. The molecule has 4 rings (SSSR count). The van der Waals surface area contributed by atoms with E-state index in [2.05, 4.69) is 43.7 Å². The standard InChI is InChI=1S/C18H23N7OS/c1-13(2)10-15-22-25-16(26)11-14(21-18(25)27-15)12-23-6-8-24(9-7-23)17-19-4-3-5-20-17/h3-5,11,13H,6-10,12H2,1-2H3. The average molecular weight is 385 g/mol. The highest BCUT2D eigenvalue weighted by Gasteiger charge is 2.20. The van der Waals surface area contributed by atoms with Crippen molar-refractivity contribution in [3.8, 4) is 0 Å². The summed E-state index contributed by atoms with van der Waals surface area (Å²) in [6.07, 6.45) is 4.40. The molecule has 9 heteroatoms. The van der Waals surface area contributed by atoms with Gasteiger partial charge in [-0.3, -0.25) is 9.69 Å². The second-order valence-electron chi connectivity index (χ2n) is 7.19. The molecule has 0 N–H and O–H groups in total. The summed E-state index contributed by atoms with van der Waals surface area (Å²) >= 11 is 1.51. The molecule has 3 aromatic rings. The minimum absolute atomic E-state index is 0.0995. The van der Waals surface area contributed by atoms with Crippen molar-refractivity contribution in [1.29, 1.82) is 0 Å². The third kappa shape index (κ3) is 4.14. The lowest BCUT2D eigenvalue weighted by Gasteiger charge is -2.34. The Kier molecular flexibility index (Phi) is 5.13. The van der Waals surface area contributed by atoms with Crippen LogP contribution in [0.5, 0.6) is 0 Å². The van der Waals surface area contributed by atoms with Crippen LogP contribution >= 0.6 is 11.3 Å². The summed E-state index contributed by atoms with van der Waals surface area (Å²) < 4.78 is 1.43. The minimum Gasteiger partial charge on any atom is -0.338 e. The molecule has 0 spiro atoms. The molecule has 1 saturated heterocycles. The van der Waals surface area contributed by atoms with Crippen LogP contribution in [0.25, 0.3) is 4.96 Å². The number of hydrogen-bond donors (Lipinski definition) is 0. The quantitative estimate of drug-likeness (QED) is 0.658. The molecule has 1 aliphatic rings. The second-order valence-corrected chi connectivity index (χ2v) is 8.23. The fourth-order valence-electron chi connectivity index (χ4n) is 3.20. The summed E-state index contributed by atoms with van der Waals surface area (Å²) in [4.78, 5) is 30.9. The van der Waals surface area contributed by atoms with Gasteiger partial charge in [0.2, 0.25) is 10.9 Å². The van der Waals surface area contributed by atoms with E-state index in [0.29, 0.717) is 17.4 Å². The summed E-state index contributed by atoms with van der Waals surface area (Å²) in [6.45, 7) is 8.48. The molecule has 0 aliphatic carbocycles. The van der Waals surface area contributed by atoms with Crippen LogP contribution in [0.4, 0.5) is 5.95 Å². The first-order chi connectivity index (χ1) is 13.1. The molecule has 1 aliphatic heterocycles. The zero-order valence-corrected chi connectivity index (χ0v) is 16.4. The van der Waals surface area contributed by atoms with Crippen molar-refractivity contribution in [3.05, 3.63) is 45.6 Å². The van der Waals surface area contributed by atoms with Gasteiger partial charge in [-0.2, -0.15) is 9.61 Å². The van der Waals surface area contributed by atoms with E-state index >= 15 is 0 Å². The van der Waals surface area contributed by atoms with E-state index in [1.54, 1.807) is 18.5 Å². The van der Waals surface area contributed by atoms with Gasteiger partial charge in [-0.15, -0.1) is 0 Å². The molecule has 0 bridgehead atoms. The normalized spacial score (nSPS) is 15.7. The Morgan fingerprint density at radius 2 is 1.89 bits per heavy atom. The fraction of sp³-hybridized carbons (Fsp3) is 0.500. The zero-order chi connectivity index (χ0) is 18.8. The summed E-state index contributed by atoms with van der Waals surface area (Å²) in [7, 11) is 0. The highest BCUT2D eigenvalue weighted by molar-refractivity contribution is 7.16. The van der Waals surface area contributed by atoms with Crippen LogP contribution in [0.1, 0.15) is 24.5 Å². The zero-order valence-electron chi connectivity index (χ0n) is 15.6. The van der Waals surface area contributed by atoms with Crippen LogP contribution < -0.4 is 10.5 Å². The van der Waals surface area contributed by atoms with E-state index in [1.165, 1.54) is 15.9 Å². The molecule has 0 radical (unpaired) electrons. The molecule has 4 heterocycles. The van der Waals surface area contributed by atoms with Gasteiger partial charge < -0.3 is 4.90 Å². The van der Waals surface area contributed by atoms with Crippen molar-refractivity contribution < 1.29 is 0 Å². The Hall–Kier alpha value is -2.39. The van der Waals surface area contributed by atoms with Crippen molar-refractivity contribution in [2.24, 2.45) is 5.92 Å². The van der Waals surface area contributed by atoms with E-state index in [0.717, 1.165) is 49.2 Å². The number of anilines is 1. The Bertz CT molecular complexity index is 961. The molecule has 27 heavy (non-hydrogen) atoms. The molecular formula is C18H23N7OS. The number of hydrogen-bond acceptors (Lipinski definition) is 8. The lowest BCUT2D eigenvalue weighted by atomic mass is 10.1. The van der Waals surface area contributed by atoms with Crippen molar-refractivity contribution in [2.45, 2.75) is 26.8 Å². The molecule has 0 aromatic carbocycles. The highest BCUT2D eigenvalue weighted by atomic mass is 32.1. The molecule has 142 valence electrons. The van der Waals surface area contributed by atoms with Gasteiger partial charge in [0.15, 0.2) is 0 Å². The number of aromatic nitrogens is 5. The van der Waals surface area contributed by atoms with Gasteiger partial charge >= 0.3 is 0 Å². The Labute approximate surface area is 161 Å². The van der Waals surface area contributed by atoms with Crippen LogP contribution in [0.2, 0.25) is 0 Å². The second kappa shape index (κ2) is 7.69. The maximum Gasteiger partial charge on any atom is 0.275 e. The molecule has 0 atom stereocenters. The first kappa shape index (κ1) is 18.0. The summed E-state index contributed by atoms with van der Waals surface area (Å²) in [5.41, 5.74) is 0.710. The lowest BCUT2D eigenvalue weighted by Crippen LogP contribution is -2.46. The predicted octanol–water partition coefficient (Wildman–Crippen LogP) is 1.46. The molecule has 0 saturated carbocycles. The number of piperazine rings is 1. The maximum absolute atomic E-state index is 12.4. The fourth-order valence-corrected chi connectivity index (χ4v) is 4.33. The van der Waals surface area contributed by atoms with Crippen molar-refractivity contribution in [3.63, 3.8) is 0 Å². The summed E-state index contributed by atoms with van der Waals surface area (Å²) in [5, 5.41) is 5.37. The Balaban J connectivity index is 1.44. The van der Waals surface area contributed by atoms with Crippen LogP contribution in [-0.2, 0) is 13.0 Å². The molecule has 3 aromatic heterocycles. The lowest BCUT2D eigenvalue weighted by molar-refractivity contribution is 0.246. The van der Waals surface area contributed by atoms with Gasteiger partial charge in [0.1, 0.15) is 5.01 Å². The van der Waals surface area contributed by atoms with Crippen LogP contribution in [0.3, 0.4) is 0 Å². The number of fused-ring (bicyclic) bond motifs is 1. The molecule has 1 fully saturated rings. The van der Waals surface area contributed by atoms with Crippen LogP contribution in [-0.4, -0.2) is 55.6 Å². The van der Waals surface area contributed by atoms with E-state index in [1.807, 2.05) is 6.07 Å². The van der Waals surface area contributed by atoms with E-state index < -0.39 is 0 Å². The van der Waals surface area contributed by atoms with Crippen molar-refractivity contribution >= 4 is 22.2 Å². The van der Waals surface area contributed by atoms with E-state index in [-0.39, 0.29) is 5.56 Å². The highest BCUT2D eigenvalue weighted by Crippen LogP contribution is 2.16. The predicted molar refractivity (Wildman–Crippen MR) is 105 cm³/mol. The van der Waals surface area contributed by atoms with Crippen molar-refractivity contribution in [2.75, 3.05) is 31.1 Å². The minimum atomic E-state index is -0.0995. The van der Waals surface area contributed by atoms with Gasteiger partial charge in [0.25, 0.3) is 5.56 Å². The summed E-state index contributed by atoms with van der Waals surface area (Å²) in [6, 6.07) is 3.44. The smallest absolute Gasteiger partial charge is 0.275 e. The monoisotopic (exact) mass is 385 g/mol. The first-order valence-corrected chi connectivity index (χ1v) is 10.0. The van der Waals surface area contributed by atoms with E-state index in [4.69, 9.17) is 0 Å². The average Bonchev–Trinajstić information content (AvgIpc) is 3.05. The third-order valence-electron chi connectivity index (χ3n) is 4.52. The van der Waals surface area contributed by atoms with Crippen LogP contribution in [0.15, 0.2) is 29.3 Å². The maximum atomic E-state index is 12.4. The van der Waals surface area contributed by atoms with Crippen LogP contribution in [0, 0.1) is 5.92 Å². The first-order valence-electron chi connectivity index (χ1n) is 9.21. The topological polar surface area (TPSA) is 79.5 Å². The molecule has 8 nitrogen and oxygen atoms in total.